The molecule has 1 aliphatic heterocycles. The lowest BCUT2D eigenvalue weighted by molar-refractivity contribution is -0.148. The largest absolute Gasteiger partial charge is 0.480 e. The Morgan fingerprint density at radius 1 is 1.30 bits per heavy atom. The zero-order chi connectivity index (χ0) is 14.8. The molecule has 0 atom stereocenters. The fraction of sp³-hybridized carbons (Fsp3) is 0.385. The maximum Gasteiger partial charge on any atom is 0.329 e. The van der Waals surface area contributed by atoms with Gasteiger partial charge in [0.2, 0.25) is 0 Å². The maximum atomic E-state index is 12.2. The van der Waals surface area contributed by atoms with Gasteiger partial charge in [0, 0.05) is 41.8 Å². The Hall–Kier alpha value is -1.60. The van der Waals surface area contributed by atoms with E-state index in [-0.39, 0.29) is 12.8 Å². The Morgan fingerprint density at radius 3 is 2.50 bits per heavy atom. The number of aliphatic carboxylic acids is 1. The molecule has 0 spiro atoms. The number of nitrogen functional groups attached to an aromatic ring is 1. The highest BCUT2D eigenvalue weighted by Crippen LogP contribution is 2.23. The van der Waals surface area contributed by atoms with Gasteiger partial charge in [0.05, 0.1) is 0 Å². The summed E-state index contributed by atoms with van der Waals surface area (Å²) in [6, 6.07) is 4.77. The molecule has 1 aromatic rings. The summed E-state index contributed by atoms with van der Waals surface area (Å²) in [5.41, 5.74) is 5.16. The first-order chi connectivity index (χ1) is 9.43. The average molecular weight is 343 g/mol. The average Bonchev–Trinajstić information content (AvgIpc) is 2.38. The van der Waals surface area contributed by atoms with E-state index in [0.29, 0.717) is 28.9 Å². The van der Waals surface area contributed by atoms with Crippen LogP contribution in [0.4, 0.5) is 5.69 Å². The van der Waals surface area contributed by atoms with Gasteiger partial charge in [0.25, 0.3) is 5.91 Å². The van der Waals surface area contributed by atoms with Gasteiger partial charge >= 0.3 is 5.97 Å². The van der Waals surface area contributed by atoms with Crippen molar-refractivity contribution in [2.75, 3.05) is 18.9 Å². The first-order valence-corrected chi connectivity index (χ1v) is 6.92. The molecule has 6 nitrogen and oxygen atoms in total. The van der Waals surface area contributed by atoms with Crippen LogP contribution in [0.15, 0.2) is 22.7 Å². The number of carbonyl (C=O) groups excluding carboxylic acids is 1. The van der Waals surface area contributed by atoms with Crippen LogP contribution in [0.25, 0.3) is 0 Å². The molecule has 4 N–H and O–H groups in total. The Kier molecular flexibility index (Phi) is 4.29. The van der Waals surface area contributed by atoms with Crippen LogP contribution >= 0.6 is 15.9 Å². The molecule has 108 valence electrons. The van der Waals surface area contributed by atoms with E-state index in [1.165, 1.54) is 6.07 Å². The van der Waals surface area contributed by atoms with Gasteiger partial charge < -0.3 is 20.9 Å². The minimum atomic E-state index is -1.27. The Bertz CT molecular complexity index is 521. The molecular formula is C13H15BrN2O4. The van der Waals surface area contributed by atoms with E-state index in [1.54, 1.807) is 12.1 Å². The molecule has 1 amide bonds. The molecule has 0 saturated carbocycles. The maximum absolute atomic E-state index is 12.2. The van der Waals surface area contributed by atoms with Gasteiger partial charge in [-0.1, -0.05) is 15.9 Å². The standard InChI is InChI=1S/C13H15BrN2O4/c14-9-5-8(6-10(15)7-9)11(17)16-13(12(18)19)1-3-20-4-2-13/h5-7H,1-4,15H2,(H,16,17)(H,18,19). The van der Waals surface area contributed by atoms with Crippen molar-refractivity contribution in [2.24, 2.45) is 0 Å². The summed E-state index contributed by atoms with van der Waals surface area (Å²) in [6.07, 6.45) is 0.495. The van der Waals surface area contributed by atoms with Crippen molar-refractivity contribution in [1.29, 1.82) is 0 Å². The SMILES string of the molecule is Nc1cc(Br)cc(C(=O)NC2(C(=O)O)CCOCC2)c1. The van der Waals surface area contributed by atoms with Gasteiger partial charge in [-0.25, -0.2) is 4.79 Å². The van der Waals surface area contributed by atoms with E-state index < -0.39 is 17.4 Å². The highest BCUT2D eigenvalue weighted by Gasteiger charge is 2.41. The predicted molar refractivity (Wildman–Crippen MR) is 76.4 cm³/mol. The van der Waals surface area contributed by atoms with Crippen molar-refractivity contribution in [3.63, 3.8) is 0 Å². The molecular weight excluding hydrogens is 328 g/mol. The number of carboxylic acids is 1. The van der Waals surface area contributed by atoms with Gasteiger partial charge in [-0.05, 0) is 18.2 Å². The number of nitrogens with one attached hydrogen (secondary N) is 1. The second kappa shape index (κ2) is 5.80. The third-order valence-corrected chi connectivity index (χ3v) is 3.75. The van der Waals surface area contributed by atoms with Gasteiger partial charge in [-0.15, -0.1) is 0 Å². The van der Waals surface area contributed by atoms with Crippen LogP contribution in [0.3, 0.4) is 0 Å². The Balaban J connectivity index is 2.22. The van der Waals surface area contributed by atoms with Crippen molar-refractivity contribution >= 4 is 33.5 Å². The van der Waals surface area contributed by atoms with Crippen LogP contribution in [0.5, 0.6) is 0 Å². The fourth-order valence-electron chi connectivity index (χ4n) is 2.15. The van der Waals surface area contributed by atoms with E-state index in [1.807, 2.05) is 0 Å². The summed E-state index contributed by atoms with van der Waals surface area (Å²) in [5, 5.41) is 12.0. The summed E-state index contributed by atoms with van der Waals surface area (Å²) >= 11 is 3.25. The lowest BCUT2D eigenvalue weighted by atomic mass is 9.89. The summed E-state index contributed by atoms with van der Waals surface area (Å²) in [7, 11) is 0. The van der Waals surface area contributed by atoms with E-state index in [2.05, 4.69) is 21.2 Å². The van der Waals surface area contributed by atoms with E-state index in [0.717, 1.165) is 0 Å². The molecule has 1 fully saturated rings. The number of halogens is 1. The van der Waals surface area contributed by atoms with Crippen LogP contribution in [0.2, 0.25) is 0 Å². The molecule has 1 aromatic carbocycles. The molecule has 0 aliphatic carbocycles. The zero-order valence-corrected chi connectivity index (χ0v) is 12.3. The Morgan fingerprint density at radius 2 is 1.95 bits per heavy atom. The van der Waals surface area contributed by atoms with Crippen molar-refractivity contribution in [3.05, 3.63) is 28.2 Å². The smallest absolute Gasteiger partial charge is 0.329 e. The van der Waals surface area contributed by atoms with Crippen LogP contribution in [-0.2, 0) is 9.53 Å². The molecule has 20 heavy (non-hydrogen) atoms. The van der Waals surface area contributed by atoms with Gasteiger partial charge in [0.1, 0.15) is 5.54 Å². The number of carbonyl (C=O) groups is 2. The summed E-state index contributed by atoms with van der Waals surface area (Å²) < 4.78 is 5.82. The van der Waals surface area contributed by atoms with Crippen molar-refractivity contribution in [1.82, 2.24) is 5.32 Å². The zero-order valence-electron chi connectivity index (χ0n) is 10.7. The lowest BCUT2D eigenvalue weighted by Crippen LogP contribution is -2.57. The van der Waals surface area contributed by atoms with Crippen LogP contribution in [0.1, 0.15) is 23.2 Å². The molecule has 1 saturated heterocycles. The molecule has 0 radical (unpaired) electrons. The number of carboxylic acid groups (broad SMARTS) is 1. The highest BCUT2D eigenvalue weighted by molar-refractivity contribution is 9.10. The molecule has 0 bridgehead atoms. The second-order valence-corrected chi connectivity index (χ2v) is 5.64. The van der Waals surface area contributed by atoms with E-state index in [4.69, 9.17) is 10.5 Å². The number of benzene rings is 1. The number of hydrogen-bond acceptors (Lipinski definition) is 4. The first-order valence-electron chi connectivity index (χ1n) is 6.13. The van der Waals surface area contributed by atoms with E-state index in [9.17, 15) is 14.7 Å². The van der Waals surface area contributed by atoms with Gasteiger partial charge in [-0.2, -0.15) is 0 Å². The van der Waals surface area contributed by atoms with Gasteiger partial charge in [0.15, 0.2) is 0 Å². The minimum Gasteiger partial charge on any atom is -0.480 e. The molecule has 1 aliphatic rings. The third-order valence-electron chi connectivity index (χ3n) is 3.29. The third kappa shape index (κ3) is 3.10. The molecule has 1 heterocycles. The number of amides is 1. The number of anilines is 1. The fourth-order valence-corrected chi connectivity index (χ4v) is 2.66. The van der Waals surface area contributed by atoms with Crippen molar-refractivity contribution in [2.45, 2.75) is 18.4 Å². The monoisotopic (exact) mass is 342 g/mol. The summed E-state index contributed by atoms with van der Waals surface area (Å²) in [6.45, 7) is 0.625. The minimum absolute atomic E-state index is 0.248. The number of ether oxygens (including phenoxy) is 1. The van der Waals surface area contributed by atoms with Crippen molar-refractivity contribution in [3.8, 4) is 0 Å². The van der Waals surface area contributed by atoms with Crippen LogP contribution in [0, 0.1) is 0 Å². The number of hydrogen-bond donors (Lipinski definition) is 3. The van der Waals surface area contributed by atoms with Crippen LogP contribution < -0.4 is 11.1 Å². The lowest BCUT2D eigenvalue weighted by Gasteiger charge is -2.33. The number of nitrogens with two attached hydrogens (primary N) is 1. The summed E-state index contributed by atoms with van der Waals surface area (Å²) in [5.74, 6) is -1.50. The Labute approximate surface area is 124 Å². The predicted octanol–water partition coefficient (Wildman–Crippen LogP) is 1.39. The molecule has 7 heteroatoms. The molecule has 0 unspecified atom stereocenters. The topological polar surface area (TPSA) is 102 Å². The number of rotatable bonds is 3. The highest BCUT2D eigenvalue weighted by atomic mass is 79.9. The second-order valence-electron chi connectivity index (χ2n) is 4.73. The molecule has 0 aromatic heterocycles. The van der Waals surface area contributed by atoms with Crippen LogP contribution in [-0.4, -0.2) is 35.7 Å². The van der Waals surface area contributed by atoms with E-state index >= 15 is 0 Å². The van der Waals surface area contributed by atoms with Crippen molar-refractivity contribution < 1.29 is 19.4 Å². The quantitative estimate of drug-likeness (QED) is 0.720. The van der Waals surface area contributed by atoms with Gasteiger partial charge in [-0.3, -0.25) is 4.79 Å². The molecule has 2 rings (SSSR count). The summed E-state index contributed by atoms with van der Waals surface area (Å²) in [4.78, 5) is 23.7. The first kappa shape index (κ1) is 14.8. The normalized spacial score (nSPS) is 17.4.